The number of carbonyl (C=O) groups is 1. The molecule has 1 atom stereocenters. The minimum Gasteiger partial charge on any atom is -0.383 e. The smallest absolute Gasteiger partial charge is 0.319 e. The zero-order chi connectivity index (χ0) is 17.4. The lowest BCUT2D eigenvalue weighted by Crippen LogP contribution is -2.33. The van der Waals surface area contributed by atoms with Crippen LogP contribution >= 0.6 is 11.8 Å². The van der Waals surface area contributed by atoms with E-state index < -0.39 is 0 Å². The lowest BCUT2D eigenvalue weighted by Gasteiger charge is -2.16. The van der Waals surface area contributed by atoms with Crippen LogP contribution in [0.15, 0.2) is 35.5 Å². The topological polar surface area (TPSA) is 81.1 Å². The molecule has 2 N–H and O–H groups in total. The van der Waals surface area contributed by atoms with Gasteiger partial charge in [0.15, 0.2) is 5.82 Å². The predicted octanol–water partition coefficient (Wildman–Crippen LogP) is 2.92. The molecule has 7 nitrogen and oxygen atoms in total. The number of aromatic nitrogens is 3. The third-order valence-electron chi connectivity index (χ3n) is 3.35. The maximum Gasteiger partial charge on any atom is 0.319 e. The molecule has 0 spiro atoms. The molecule has 2 aromatic rings. The third kappa shape index (κ3) is 4.97. The van der Waals surface area contributed by atoms with Gasteiger partial charge in [0.05, 0.1) is 18.3 Å². The van der Waals surface area contributed by atoms with E-state index in [0.29, 0.717) is 19.0 Å². The Hall–Kier alpha value is -2.06. The molecule has 1 aromatic heterocycles. The van der Waals surface area contributed by atoms with Gasteiger partial charge in [-0.1, -0.05) is 19.1 Å². The monoisotopic (exact) mass is 349 g/mol. The molecule has 130 valence electrons. The molecule has 0 radical (unpaired) electrons. The van der Waals surface area contributed by atoms with Crippen LogP contribution in [-0.2, 0) is 11.3 Å². The molecule has 1 aromatic carbocycles. The first-order valence-electron chi connectivity index (χ1n) is 7.81. The molecule has 0 aliphatic rings. The minimum atomic E-state index is -0.270. The maximum absolute atomic E-state index is 12.3. The van der Waals surface area contributed by atoms with Gasteiger partial charge in [-0.3, -0.25) is 0 Å². The number of amides is 2. The summed E-state index contributed by atoms with van der Waals surface area (Å²) in [6.45, 7) is 5.16. The number of ether oxygens (including phenoxy) is 1. The van der Waals surface area contributed by atoms with Crippen molar-refractivity contribution < 1.29 is 9.53 Å². The number of hydrogen-bond acceptors (Lipinski definition) is 5. The molecule has 0 saturated carbocycles. The highest BCUT2D eigenvalue weighted by Crippen LogP contribution is 2.26. The van der Waals surface area contributed by atoms with E-state index in [1.807, 2.05) is 35.8 Å². The van der Waals surface area contributed by atoms with Crippen molar-refractivity contribution in [3.63, 3.8) is 0 Å². The van der Waals surface area contributed by atoms with Gasteiger partial charge in [0.25, 0.3) is 0 Å². The van der Waals surface area contributed by atoms with Crippen molar-refractivity contribution >= 4 is 23.5 Å². The molecule has 0 aliphatic heterocycles. The molecular weight excluding hydrogens is 326 g/mol. The third-order valence-corrected chi connectivity index (χ3v) is 4.31. The first kappa shape index (κ1) is 18.3. The fourth-order valence-corrected chi connectivity index (χ4v) is 2.99. The number of urea groups is 1. The fraction of sp³-hybridized carbons (Fsp3) is 0.438. The normalized spacial score (nSPS) is 12.0. The van der Waals surface area contributed by atoms with Gasteiger partial charge in [-0.25, -0.2) is 4.79 Å². The van der Waals surface area contributed by atoms with E-state index in [9.17, 15) is 4.79 Å². The summed E-state index contributed by atoms with van der Waals surface area (Å²) >= 11 is 1.69. The summed E-state index contributed by atoms with van der Waals surface area (Å²) in [5.74, 6) is 1.64. The number of thioether (sulfide) groups is 1. The average Bonchev–Trinajstić information content (AvgIpc) is 3.03. The quantitative estimate of drug-likeness (QED) is 0.716. The van der Waals surface area contributed by atoms with E-state index in [4.69, 9.17) is 4.74 Å². The van der Waals surface area contributed by atoms with Crippen LogP contribution in [-0.4, -0.2) is 40.3 Å². The average molecular weight is 349 g/mol. The van der Waals surface area contributed by atoms with Gasteiger partial charge in [-0.2, -0.15) is 0 Å². The van der Waals surface area contributed by atoms with E-state index in [-0.39, 0.29) is 12.1 Å². The van der Waals surface area contributed by atoms with E-state index >= 15 is 0 Å². The Labute approximate surface area is 146 Å². The number of hydrogen-bond donors (Lipinski definition) is 2. The van der Waals surface area contributed by atoms with Crippen LogP contribution in [0.25, 0.3) is 0 Å². The van der Waals surface area contributed by atoms with Crippen molar-refractivity contribution in [3.8, 4) is 0 Å². The Bertz CT molecular complexity index is 661. The van der Waals surface area contributed by atoms with Crippen molar-refractivity contribution in [2.45, 2.75) is 31.3 Å². The van der Waals surface area contributed by atoms with Gasteiger partial charge in [0.2, 0.25) is 0 Å². The lowest BCUT2D eigenvalue weighted by atomic mass is 10.3. The number of carbonyl (C=O) groups excluding carboxylic acids is 1. The van der Waals surface area contributed by atoms with Crippen LogP contribution in [0.5, 0.6) is 0 Å². The molecule has 2 rings (SSSR count). The van der Waals surface area contributed by atoms with Crippen molar-refractivity contribution in [2.24, 2.45) is 0 Å². The Balaban J connectivity index is 1.98. The number of rotatable bonds is 8. The highest BCUT2D eigenvalue weighted by atomic mass is 32.2. The SMILES string of the molecule is CCSc1ccccc1NC(=O)N[C@H](C)c1nncn1CCOC. The van der Waals surface area contributed by atoms with Crippen LogP contribution < -0.4 is 10.6 Å². The molecule has 0 bridgehead atoms. The number of para-hydroxylation sites is 1. The highest BCUT2D eigenvalue weighted by Gasteiger charge is 2.16. The maximum atomic E-state index is 12.3. The molecule has 2 amide bonds. The summed E-state index contributed by atoms with van der Waals surface area (Å²) in [6.07, 6.45) is 1.64. The van der Waals surface area contributed by atoms with Crippen molar-refractivity contribution in [3.05, 3.63) is 36.4 Å². The molecule has 0 aliphatic carbocycles. The predicted molar refractivity (Wildman–Crippen MR) is 95.3 cm³/mol. The van der Waals surface area contributed by atoms with Crippen LogP contribution in [0, 0.1) is 0 Å². The Morgan fingerprint density at radius 1 is 1.42 bits per heavy atom. The van der Waals surface area contributed by atoms with Crippen molar-refractivity contribution in [2.75, 3.05) is 24.8 Å². The number of benzene rings is 1. The number of nitrogens with one attached hydrogen (secondary N) is 2. The van der Waals surface area contributed by atoms with E-state index in [1.165, 1.54) is 0 Å². The van der Waals surface area contributed by atoms with E-state index in [2.05, 4.69) is 27.8 Å². The van der Waals surface area contributed by atoms with Crippen LogP contribution in [0.2, 0.25) is 0 Å². The summed E-state index contributed by atoms with van der Waals surface area (Å²) in [7, 11) is 1.64. The van der Waals surface area contributed by atoms with Gasteiger partial charge in [-0.15, -0.1) is 22.0 Å². The standard InChI is InChI=1S/C16H23N5O2S/c1-4-24-14-8-6-5-7-13(14)19-16(22)18-12(2)15-20-17-11-21(15)9-10-23-3/h5-8,11-12H,4,9-10H2,1-3H3,(H2,18,19,22)/t12-/m1/s1. The first-order valence-corrected chi connectivity index (χ1v) is 8.80. The van der Waals surface area contributed by atoms with Crippen molar-refractivity contribution in [1.29, 1.82) is 0 Å². The van der Waals surface area contributed by atoms with Crippen LogP contribution in [0.3, 0.4) is 0 Å². The molecule has 8 heteroatoms. The Morgan fingerprint density at radius 3 is 2.96 bits per heavy atom. The number of nitrogens with zero attached hydrogens (tertiary/aromatic N) is 3. The zero-order valence-electron chi connectivity index (χ0n) is 14.2. The van der Waals surface area contributed by atoms with Gasteiger partial charge in [-0.05, 0) is 24.8 Å². The second kappa shape index (κ2) is 9.29. The van der Waals surface area contributed by atoms with Crippen LogP contribution in [0.4, 0.5) is 10.5 Å². The fourth-order valence-electron chi connectivity index (χ4n) is 2.23. The number of anilines is 1. The first-order chi connectivity index (χ1) is 11.7. The van der Waals surface area contributed by atoms with E-state index in [0.717, 1.165) is 16.3 Å². The van der Waals surface area contributed by atoms with Gasteiger partial charge >= 0.3 is 6.03 Å². The Morgan fingerprint density at radius 2 is 2.21 bits per heavy atom. The molecule has 0 fully saturated rings. The second-order valence-corrected chi connectivity index (χ2v) is 6.43. The highest BCUT2D eigenvalue weighted by molar-refractivity contribution is 7.99. The van der Waals surface area contributed by atoms with Gasteiger partial charge < -0.3 is 19.9 Å². The molecular formula is C16H23N5O2S. The van der Waals surface area contributed by atoms with Crippen molar-refractivity contribution in [1.82, 2.24) is 20.1 Å². The lowest BCUT2D eigenvalue weighted by molar-refractivity contribution is 0.185. The summed E-state index contributed by atoms with van der Waals surface area (Å²) < 4.78 is 6.94. The van der Waals surface area contributed by atoms with Gasteiger partial charge in [0.1, 0.15) is 6.33 Å². The molecule has 24 heavy (non-hydrogen) atoms. The second-order valence-electron chi connectivity index (χ2n) is 5.12. The minimum absolute atomic E-state index is 0.268. The molecule has 0 unspecified atom stereocenters. The van der Waals surface area contributed by atoms with E-state index in [1.54, 1.807) is 25.2 Å². The zero-order valence-corrected chi connectivity index (χ0v) is 15.0. The summed E-state index contributed by atoms with van der Waals surface area (Å²) in [4.78, 5) is 13.3. The summed E-state index contributed by atoms with van der Waals surface area (Å²) in [5.41, 5.74) is 0.801. The number of methoxy groups -OCH3 is 1. The van der Waals surface area contributed by atoms with Crippen LogP contribution in [0.1, 0.15) is 25.7 Å². The molecule has 1 heterocycles. The summed E-state index contributed by atoms with van der Waals surface area (Å²) in [6, 6.07) is 7.21. The summed E-state index contributed by atoms with van der Waals surface area (Å²) in [5, 5.41) is 13.8. The Kier molecular flexibility index (Phi) is 7.07. The molecule has 0 saturated heterocycles. The van der Waals surface area contributed by atoms with Gasteiger partial charge in [0, 0.05) is 18.6 Å². The largest absolute Gasteiger partial charge is 0.383 e.